The smallest absolute Gasteiger partial charge is 0.314 e. The number of carbonyl (C=O) groups is 2. The first-order valence-electron chi connectivity index (χ1n) is 6.83. The predicted octanol–water partition coefficient (Wildman–Crippen LogP) is 0.260. The van der Waals surface area contributed by atoms with Crippen LogP contribution in [0.1, 0.15) is 25.7 Å². The van der Waals surface area contributed by atoms with Gasteiger partial charge in [0.1, 0.15) is 0 Å². The Labute approximate surface area is 119 Å². The van der Waals surface area contributed by atoms with Crippen molar-refractivity contribution in [2.24, 2.45) is 0 Å². The van der Waals surface area contributed by atoms with Crippen molar-refractivity contribution in [1.82, 2.24) is 15.5 Å². The molecule has 1 atom stereocenters. The Morgan fingerprint density at radius 2 is 2.00 bits per heavy atom. The molecule has 1 aliphatic carbocycles. The molecule has 0 saturated heterocycles. The van der Waals surface area contributed by atoms with Crippen LogP contribution in [0.3, 0.4) is 0 Å². The molecule has 0 aliphatic heterocycles. The Hall–Kier alpha value is -1.34. The molecule has 1 unspecified atom stereocenters. The van der Waals surface area contributed by atoms with Crippen molar-refractivity contribution >= 4 is 12.0 Å². The van der Waals surface area contributed by atoms with Gasteiger partial charge in [0, 0.05) is 25.7 Å². The van der Waals surface area contributed by atoms with Crippen LogP contribution < -0.4 is 10.6 Å². The first-order chi connectivity index (χ1) is 9.39. The highest BCUT2D eigenvalue weighted by atomic mass is 16.5. The molecule has 1 rings (SSSR count). The van der Waals surface area contributed by atoms with Crippen LogP contribution in [0.15, 0.2) is 0 Å². The molecule has 2 amide bonds. The Morgan fingerprint density at radius 3 is 2.40 bits per heavy atom. The van der Waals surface area contributed by atoms with Gasteiger partial charge in [-0.3, -0.25) is 4.79 Å². The van der Waals surface area contributed by atoms with Crippen LogP contribution in [0.2, 0.25) is 0 Å². The molecular formula is C13H25N3O4. The van der Waals surface area contributed by atoms with Gasteiger partial charge in [-0.15, -0.1) is 0 Å². The summed E-state index contributed by atoms with van der Waals surface area (Å²) in [5.41, 5.74) is 0.0685. The Morgan fingerprint density at radius 1 is 1.35 bits per heavy atom. The highest BCUT2D eigenvalue weighted by Gasteiger charge is 2.39. The number of likely N-dealkylation sites (N-methyl/N-ethyl adjacent to an activating group) is 1. The number of carbonyl (C=O) groups excluding carboxylic acids is 1. The minimum atomic E-state index is -0.944. The maximum absolute atomic E-state index is 11.7. The van der Waals surface area contributed by atoms with Gasteiger partial charge in [0.25, 0.3) is 0 Å². The number of rotatable bonds is 8. The lowest BCUT2D eigenvalue weighted by Gasteiger charge is -2.47. The van der Waals surface area contributed by atoms with E-state index in [2.05, 4.69) is 15.5 Å². The van der Waals surface area contributed by atoms with Crippen LogP contribution in [-0.2, 0) is 9.53 Å². The fourth-order valence-corrected chi connectivity index (χ4v) is 2.31. The van der Waals surface area contributed by atoms with Gasteiger partial charge in [-0.1, -0.05) is 0 Å². The second-order valence-corrected chi connectivity index (χ2v) is 5.49. The van der Waals surface area contributed by atoms with E-state index in [0.717, 1.165) is 12.8 Å². The minimum Gasteiger partial charge on any atom is -0.481 e. The van der Waals surface area contributed by atoms with E-state index in [1.54, 1.807) is 0 Å². The van der Waals surface area contributed by atoms with E-state index in [0.29, 0.717) is 6.54 Å². The average molecular weight is 287 g/mol. The average Bonchev–Trinajstić information content (AvgIpc) is 2.32. The van der Waals surface area contributed by atoms with Crippen LogP contribution >= 0.6 is 0 Å². The summed E-state index contributed by atoms with van der Waals surface area (Å²) in [5.74, 6) is -0.944. The van der Waals surface area contributed by atoms with Crippen molar-refractivity contribution < 1.29 is 19.4 Å². The molecule has 0 heterocycles. The summed E-state index contributed by atoms with van der Waals surface area (Å²) in [5, 5.41) is 14.2. The quantitative estimate of drug-likeness (QED) is 0.596. The van der Waals surface area contributed by atoms with E-state index in [-0.39, 0.29) is 24.5 Å². The number of urea groups is 1. The first-order valence-corrected chi connectivity index (χ1v) is 6.83. The van der Waals surface area contributed by atoms with Gasteiger partial charge in [0.05, 0.1) is 12.5 Å². The monoisotopic (exact) mass is 287 g/mol. The van der Waals surface area contributed by atoms with E-state index in [4.69, 9.17) is 9.84 Å². The number of hydrogen-bond acceptors (Lipinski definition) is 4. The number of ether oxygens (including phenoxy) is 1. The van der Waals surface area contributed by atoms with Gasteiger partial charge in [-0.25, -0.2) is 4.79 Å². The fourth-order valence-electron chi connectivity index (χ4n) is 2.31. The summed E-state index contributed by atoms with van der Waals surface area (Å²) in [7, 11) is 5.47. The van der Waals surface area contributed by atoms with E-state index in [1.807, 2.05) is 14.1 Å². The molecule has 0 aromatic rings. The molecule has 1 saturated carbocycles. The lowest BCUT2D eigenvalue weighted by atomic mass is 9.75. The third-order valence-electron chi connectivity index (χ3n) is 4.04. The van der Waals surface area contributed by atoms with Crippen LogP contribution in [0.5, 0.6) is 0 Å². The number of methoxy groups -OCH3 is 1. The number of hydrogen-bond donors (Lipinski definition) is 3. The normalized spacial score (nSPS) is 18.2. The van der Waals surface area contributed by atoms with E-state index < -0.39 is 12.1 Å². The van der Waals surface area contributed by atoms with Crippen LogP contribution in [0.25, 0.3) is 0 Å². The van der Waals surface area contributed by atoms with Crippen LogP contribution in [0.4, 0.5) is 4.79 Å². The number of amides is 2. The largest absolute Gasteiger partial charge is 0.481 e. The van der Waals surface area contributed by atoms with Gasteiger partial charge < -0.3 is 25.4 Å². The lowest BCUT2D eigenvalue weighted by molar-refractivity contribution is -0.139. The van der Waals surface area contributed by atoms with Gasteiger partial charge in [0.15, 0.2) is 0 Å². The molecule has 3 N–H and O–H groups in total. The summed E-state index contributed by atoms with van der Waals surface area (Å²) in [6, 6.07) is -0.287. The molecule has 116 valence electrons. The molecule has 0 aromatic heterocycles. The molecule has 20 heavy (non-hydrogen) atoms. The fraction of sp³-hybridized carbons (Fsp3) is 0.846. The number of nitrogens with one attached hydrogen (secondary N) is 2. The highest BCUT2D eigenvalue weighted by Crippen LogP contribution is 2.35. The number of aliphatic carboxylic acids is 1. The SMILES string of the molecule is COC(CNC(=O)NCC1(N(C)C)CCC1)CC(=O)O. The highest BCUT2D eigenvalue weighted by molar-refractivity contribution is 5.74. The van der Waals surface area contributed by atoms with Crippen molar-refractivity contribution in [2.45, 2.75) is 37.3 Å². The first kappa shape index (κ1) is 16.7. The van der Waals surface area contributed by atoms with E-state index >= 15 is 0 Å². The van der Waals surface area contributed by atoms with Crippen molar-refractivity contribution in [3.8, 4) is 0 Å². The van der Waals surface area contributed by atoms with Crippen molar-refractivity contribution in [2.75, 3.05) is 34.3 Å². The third kappa shape index (κ3) is 4.64. The standard InChI is InChI=1S/C13H25N3O4/c1-16(2)13(5-4-6-13)9-15-12(19)14-8-10(20-3)7-11(17)18/h10H,4-9H2,1-3H3,(H,17,18)(H2,14,15,19). The van der Waals surface area contributed by atoms with Crippen LogP contribution in [-0.4, -0.2) is 67.9 Å². The summed E-state index contributed by atoms with van der Waals surface area (Å²) >= 11 is 0. The molecule has 7 heteroatoms. The zero-order valence-corrected chi connectivity index (χ0v) is 12.4. The van der Waals surface area contributed by atoms with Crippen molar-refractivity contribution in [3.63, 3.8) is 0 Å². The summed E-state index contributed by atoms with van der Waals surface area (Å²) in [4.78, 5) is 24.4. The van der Waals surface area contributed by atoms with Gasteiger partial charge >= 0.3 is 12.0 Å². The topological polar surface area (TPSA) is 90.9 Å². The third-order valence-corrected chi connectivity index (χ3v) is 4.04. The number of carboxylic acids is 1. The lowest BCUT2D eigenvalue weighted by Crippen LogP contribution is -2.58. The zero-order chi connectivity index (χ0) is 15.2. The predicted molar refractivity (Wildman–Crippen MR) is 74.7 cm³/mol. The Kier molecular flexibility index (Phi) is 6.22. The van der Waals surface area contributed by atoms with E-state index in [9.17, 15) is 9.59 Å². The van der Waals surface area contributed by atoms with Crippen molar-refractivity contribution in [1.29, 1.82) is 0 Å². The molecule has 0 bridgehead atoms. The van der Waals surface area contributed by atoms with Gasteiger partial charge in [-0.2, -0.15) is 0 Å². The zero-order valence-electron chi connectivity index (χ0n) is 12.4. The molecular weight excluding hydrogens is 262 g/mol. The number of carboxylic acid groups (broad SMARTS) is 1. The maximum atomic E-state index is 11.7. The second kappa shape index (κ2) is 7.44. The van der Waals surface area contributed by atoms with Gasteiger partial charge in [-0.05, 0) is 33.4 Å². The second-order valence-electron chi connectivity index (χ2n) is 5.49. The molecule has 7 nitrogen and oxygen atoms in total. The molecule has 0 aromatic carbocycles. The Bertz CT molecular complexity index is 343. The molecule has 1 aliphatic rings. The molecule has 0 radical (unpaired) electrons. The maximum Gasteiger partial charge on any atom is 0.314 e. The van der Waals surface area contributed by atoms with Crippen molar-refractivity contribution in [3.05, 3.63) is 0 Å². The Balaban J connectivity index is 2.28. The summed E-state index contributed by atoms with van der Waals surface area (Å²) < 4.78 is 5.00. The summed E-state index contributed by atoms with van der Waals surface area (Å²) in [6.07, 6.45) is 2.72. The number of nitrogens with zero attached hydrogens (tertiary/aromatic N) is 1. The van der Waals surface area contributed by atoms with E-state index in [1.165, 1.54) is 13.5 Å². The summed E-state index contributed by atoms with van der Waals surface area (Å²) in [6.45, 7) is 0.784. The van der Waals surface area contributed by atoms with Gasteiger partial charge in [0.2, 0.25) is 0 Å². The minimum absolute atomic E-state index is 0.0685. The van der Waals surface area contributed by atoms with Crippen LogP contribution in [0, 0.1) is 0 Å². The molecule has 1 fully saturated rings. The molecule has 0 spiro atoms.